The number of aliphatic carboxylic acids is 1. The molecule has 37 heavy (non-hydrogen) atoms. The van der Waals surface area contributed by atoms with Gasteiger partial charge < -0.3 is 14.7 Å². The summed E-state index contributed by atoms with van der Waals surface area (Å²) in [5, 5.41) is 19.0. The second kappa shape index (κ2) is 13.7. The van der Waals surface area contributed by atoms with E-state index in [1.54, 1.807) is 37.3 Å². The Bertz CT molecular complexity index is 1150. The number of fused-ring (bicyclic) bond motifs is 1. The fourth-order valence-corrected chi connectivity index (χ4v) is 6.03. The molecule has 0 bridgehead atoms. The van der Waals surface area contributed by atoms with Crippen molar-refractivity contribution in [3.63, 3.8) is 0 Å². The molecule has 2 aromatic heterocycles. The quantitative estimate of drug-likeness (QED) is 0.221. The molecule has 7 nitrogen and oxygen atoms in total. The number of aromatic nitrogens is 3. The maximum atomic E-state index is 15.5. The zero-order valence-electron chi connectivity index (χ0n) is 21.3. The highest BCUT2D eigenvalue weighted by Gasteiger charge is 2.30. The molecule has 1 fully saturated rings. The van der Waals surface area contributed by atoms with E-state index in [4.69, 9.17) is 4.74 Å². The smallest absolute Gasteiger partial charge is 0.303 e. The number of likely N-dealkylation sites (tertiary alicyclic amines) is 1. The molecule has 1 aliphatic rings. The maximum absolute atomic E-state index is 15.5. The fraction of sp³-hybridized carbons (Fsp3) is 0.500. The van der Waals surface area contributed by atoms with E-state index in [1.165, 1.54) is 0 Å². The van der Waals surface area contributed by atoms with Gasteiger partial charge in [-0.3, -0.25) is 9.78 Å². The van der Waals surface area contributed by atoms with Crippen molar-refractivity contribution in [2.75, 3.05) is 32.5 Å². The summed E-state index contributed by atoms with van der Waals surface area (Å²) in [5.41, 5.74) is 1.40. The number of carboxylic acid groups (broad SMARTS) is 1. The van der Waals surface area contributed by atoms with Crippen molar-refractivity contribution in [1.82, 2.24) is 20.1 Å². The van der Waals surface area contributed by atoms with Gasteiger partial charge in [0.25, 0.3) is 0 Å². The first-order chi connectivity index (χ1) is 18.0. The maximum Gasteiger partial charge on any atom is 0.303 e. The van der Waals surface area contributed by atoms with Crippen LogP contribution in [0.25, 0.3) is 10.9 Å². The van der Waals surface area contributed by atoms with E-state index >= 15 is 4.39 Å². The van der Waals surface area contributed by atoms with E-state index < -0.39 is 12.1 Å². The lowest BCUT2D eigenvalue weighted by atomic mass is 9.79. The van der Waals surface area contributed by atoms with Gasteiger partial charge in [0.05, 0.1) is 12.6 Å². The first-order valence-electron chi connectivity index (χ1n) is 12.9. The summed E-state index contributed by atoms with van der Waals surface area (Å²) >= 11 is 1.70. The van der Waals surface area contributed by atoms with Crippen molar-refractivity contribution in [1.29, 1.82) is 0 Å². The second-order valence-electron chi connectivity index (χ2n) is 9.63. The zero-order valence-corrected chi connectivity index (χ0v) is 22.1. The first-order valence-corrected chi connectivity index (χ1v) is 13.9. The molecule has 0 radical (unpaired) electrons. The molecule has 9 heteroatoms. The Kier molecular flexibility index (Phi) is 10.1. The van der Waals surface area contributed by atoms with Crippen LogP contribution in [0.2, 0.25) is 0 Å². The number of alkyl halides is 1. The van der Waals surface area contributed by atoms with Gasteiger partial charge >= 0.3 is 5.97 Å². The summed E-state index contributed by atoms with van der Waals surface area (Å²) in [4.78, 5) is 18.1. The molecule has 0 amide bonds. The van der Waals surface area contributed by atoms with Crippen molar-refractivity contribution < 1.29 is 19.0 Å². The third kappa shape index (κ3) is 7.85. The molecule has 4 rings (SSSR count). The van der Waals surface area contributed by atoms with Crippen LogP contribution < -0.4 is 4.74 Å². The number of carbonyl (C=O) groups is 1. The normalized spacial score (nSPS) is 19.1. The van der Waals surface area contributed by atoms with E-state index in [-0.39, 0.29) is 12.3 Å². The van der Waals surface area contributed by atoms with Gasteiger partial charge in [0.15, 0.2) is 0 Å². The van der Waals surface area contributed by atoms with Crippen LogP contribution in [0.1, 0.15) is 50.3 Å². The van der Waals surface area contributed by atoms with Crippen molar-refractivity contribution in [2.45, 2.75) is 49.7 Å². The number of piperidine rings is 1. The molecule has 198 valence electrons. The standard InChI is InChI=1S/C28H35FN4O3S/c1-36-22-7-9-26-24(18-22)23(11-14-30-26)25(29)8-5-20-12-16-33(19-21(20)6-10-28(34)35)15-3-17-37-27-4-2-13-31-32-27/h2,4,7,9,11,13-14,18,20-21,25H,3,5-6,8,10,12,15-17,19H2,1H3,(H,34,35)/t20-,21-,25-/m1/s1. The molecule has 1 N–H and O–H groups in total. The number of halogens is 1. The number of ether oxygens (including phenoxy) is 1. The molecule has 1 aromatic carbocycles. The number of rotatable bonds is 13. The van der Waals surface area contributed by atoms with Crippen LogP contribution in [0.5, 0.6) is 5.75 Å². The minimum absolute atomic E-state index is 0.158. The SMILES string of the molecule is COc1ccc2nccc([C@H](F)CC[C@@H]3CCN(CCCSc4cccnn4)C[C@H]3CCC(=O)O)c2c1. The van der Waals surface area contributed by atoms with Crippen LogP contribution >= 0.6 is 11.8 Å². The van der Waals surface area contributed by atoms with Gasteiger partial charge in [-0.2, -0.15) is 5.10 Å². The van der Waals surface area contributed by atoms with Crippen LogP contribution in [0, 0.1) is 11.8 Å². The van der Waals surface area contributed by atoms with Gasteiger partial charge in [0.1, 0.15) is 16.9 Å². The fourth-order valence-electron chi connectivity index (χ4n) is 5.27. The summed E-state index contributed by atoms with van der Waals surface area (Å²) in [6, 6.07) is 11.2. The predicted octanol–water partition coefficient (Wildman–Crippen LogP) is 5.81. The Labute approximate surface area is 221 Å². The van der Waals surface area contributed by atoms with Crippen molar-refractivity contribution in [3.8, 4) is 5.75 Å². The minimum atomic E-state index is -1.10. The average Bonchev–Trinajstić information content (AvgIpc) is 2.93. The topological polar surface area (TPSA) is 88.4 Å². The summed E-state index contributed by atoms with van der Waals surface area (Å²) in [5.74, 6) is 1.47. The van der Waals surface area contributed by atoms with E-state index in [0.29, 0.717) is 30.1 Å². The lowest BCUT2D eigenvalue weighted by molar-refractivity contribution is -0.137. The van der Waals surface area contributed by atoms with E-state index in [1.807, 2.05) is 30.3 Å². The highest BCUT2D eigenvalue weighted by molar-refractivity contribution is 7.99. The molecule has 3 atom stereocenters. The molecular formula is C28H35FN4O3S. The number of hydrogen-bond donors (Lipinski definition) is 1. The van der Waals surface area contributed by atoms with Crippen molar-refractivity contribution >= 4 is 28.6 Å². The summed E-state index contributed by atoms with van der Waals surface area (Å²) in [7, 11) is 1.60. The predicted molar refractivity (Wildman–Crippen MR) is 144 cm³/mol. The Balaban J connectivity index is 1.32. The Morgan fingerprint density at radius 2 is 2.14 bits per heavy atom. The van der Waals surface area contributed by atoms with Gasteiger partial charge in [-0.1, -0.05) is 0 Å². The van der Waals surface area contributed by atoms with Gasteiger partial charge in [0.2, 0.25) is 0 Å². The molecule has 3 aromatic rings. The molecule has 3 heterocycles. The summed E-state index contributed by atoms with van der Waals surface area (Å²) in [6.07, 6.45) is 6.19. The van der Waals surface area contributed by atoms with Gasteiger partial charge in [-0.25, -0.2) is 4.39 Å². The van der Waals surface area contributed by atoms with Crippen LogP contribution in [0.3, 0.4) is 0 Å². The van der Waals surface area contributed by atoms with E-state index in [2.05, 4.69) is 20.1 Å². The number of benzene rings is 1. The van der Waals surface area contributed by atoms with Crippen LogP contribution in [0.15, 0.2) is 53.8 Å². The first kappa shape index (κ1) is 27.3. The lowest BCUT2D eigenvalue weighted by Gasteiger charge is -2.39. The van der Waals surface area contributed by atoms with E-state index in [9.17, 15) is 9.90 Å². The number of nitrogens with zero attached hydrogens (tertiary/aromatic N) is 4. The Morgan fingerprint density at radius 1 is 1.24 bits per heavy atom. The number of methoxy groups -OCH3 is 1. The van der Waals surface area contributed by atoms with Crippen LogP contribution in [-0.2, 0) is 4.79 Å². The lowest BCUT2D eigenvalue weighted by Crippen LogP contribution is -2.41. The number of thioether (sulfide) groups is 1. The molecule has 0 spiro atoms. The van der Waals surface area contributed by atoms with Crippen molar-refractivity contribution in [3.05, 3.63) is 54.4 Å². The average molecular weight is 527 g/mol. The van der Waals surface area contributed by atoms with Crippen LogP contribution in [-0.4, -0.2) is 63.7 Å². The number of pyridine rings is 1. The van der Waals surface area contributed by atoms with Gasteiger partial charge in [-0.15, -0.1) is 16.9 Å². The van der Waals surface area contributed by atoms with Crippen LogP contribution in [0.4, 0.5) is 4.39 Å². The summed E-state index contributed by atoms with van der Waals surface area (Å²) in [6.45, 7) is 2.82. The zero-order chi connectivity index (χ0) is 26.0. The third-order valence-corrected chi connectivity index (χ3v) is 8.24. The highest BCUT2D eigenvalue weighted by Crippen LogP contribution is 2.36. The molecule has 1 saturated heterocycles. The highest BCUT2D eigenvalue weighted by atomic mass is 32.2. The second-order valence-corrected chi connectivity index (χ2v) is 10.7. The molecule has 1 aliphatic heterocycles. The molecule has 0 aliphatic carbocycles. The number of carboxylic acids is 1. The minimum Gasteiger partial charge on any atom is -0.497 e. The largest absolute Gasteiger partial charge is 0.497 e. The molecule has 0 unspecified atom stereocenters. The monoisotopic (exact) mass is 526 g/mol. The van der Waals surface area contributed by atoms with Gasteiger partial charge in [0, 0.05) is 36.5 Å². The number of hydrogen-bond acceptors (Lipinski definition) is 7. The molecular weight excluding hydrogens is 491 g/mol. The van der Waals surface area contributed by atoms with Gasteiger partial charge in [-0.05, 0) is 99.0 Å². The van der Waals surface area contributed by atoms with Crippen molar-refractivity contribution in [2.24, 2.45) is 11.8 Å². The third-order valence-electron chi connectivity index (χ3n) is 7.23. The Morgan fingerprint density at radius 3 is 2.92 bits per heavy atom. The Hall–Kier alpha value is -2.78. The summed E-state index contributed by atoms with van der Waals surface area (Å²) < 4.78 is 20.9. The molecule has 0 saturated carbocycles. The van der Waals surface area contributed by atoms with E-state index in [0.717, 1.165) is 60.6 Å².